The van der Waals surface area contributed by atoms with E-state index in [1.807, 2.05) is 27.7 Å². The van der Waals surface area contributed by atoms with Gasteiger partial charge in [-0.3, -0.25) is 14.9 Å². The SMILES string of the molecule is CCNC(=O)NC(=O)[C@H](OC(=O)CCCC[C@H]1CCSS1)c1ccccc1. The van der Waals surface area contributed by atoms with E-state index in [-0.39, 0.29) is 6.42 Å². The first-order valence-corrected chi connectivity index (χ1v) is 11.6. The highest BCUT2D eigenvalue weighted by Crippen LogP contribution is 2.39. The second-order valence-electron chi connectivity index (χ2n) is 6.20. The van der Waals surface area contributed by atoms with Gasteiger partial charge in [-0.15, -0.1) is 0 Å². The molecule has 0 aromatic heterocycles. The van der Waals surface area contributed by atoms with Crippen LogP contribution >= 0.6 is 21.6 Å². The third-order valence-corrected chi connectivity index (χ3v) is 7.05. The van der Waals surface area contributed by atoms with Crippen molar-refractivity contribution in [2.24, 2.45) is 0 Å². The molecule has 1 aliphatic rings. The number of unbranched alkanes of at least 4 members (excludes halogenated alkanes) is 1. The van der Waals surface area contributed by atoms with Crippen LogP contribution in [0.4, 0.5) is 4.79 Å². The van der Waals surface area contributed by atoms with Crippen LogP contribution in [0.25, 0.3) is 0 Å². The van der Waals surface area contributed by atoms with Crippen LogP contribution in [0.5, 0.6) is 0 Å². The van der Waals surface area contributed by atoms with Gasteiger partial charge in [-0.05, 0) is 26.2 Å². The van der Waals surface area contributed by atoms with Gasteiger partial charge in [0.05, 0.1) is 0 Å². The van der Waals surface area contributed by atoms with Gasteiger partial charge in [-0.1, -0.05) is 58.3 Å². The number of hydrogen-bond donors (Lipinski definition) is 2. The Labute approximate surface area is 168 Å². The molecule has 1 saturated heterocycles. The van der Waals surface area contributed by atoms with E-state index in [0.717, 1.165) is 19.3 Å². The third-order valence-electron chi connectivity index (χ3n) is 4.05. The van der Waals surface area contributed by atoms with E-state index in [1.165, 1.54) is 12.2 Å². The molecule has 27 heavy (non-hydrogen) atoms. The summed E-state index contributed by atoms with van der Waals surface area (Å²) in [4.78, 5) is 36.3. The predicted molar refractivity (Wildman–Crippen MR) is 109 cm³/mol. The maximum atomic E-state index is 12.4. The first kappa shape index (κ1) is 21.6. The van der Waals surface area contributed by atoms with Gasteiger partial charge in [0.2, 0.25) is 6.10 Å². The maximum absolute atomic E-state index is 12.4. The first-order valence-electron chi connectivity index (χ1n) is 9.21. The van der Waals surface area contributed by atoms with Crippen molar-refractivity contribution in [3.05, 3.63) is 35.9 Å². The zero-order valence-electron chi connectivity index (χ0n) is 15.4. The van der Waals surface area contributed by atoms with Crippen LogP contribution in [-0.4, -0.2) is 35.5 Å². The van der Waals surface area contributed by atoms with Crippen LogP contribution < -0.4 is 10.6 Å². The molecule has 1 aliphatic heterocycles. The quantitative estimate of drug-likeness (QED) is 0.366. The van der Waals surface area contributed by atoms with E-state index in [1.54, 1.807) is 31.2 Å². The van der Waals surface area contributed by atoms with Gasteiger partial charge in [0, 0.05) is 29.5 Å². The second kappa shape index (κ2) is 11.9. The number of benzene rings is 1. The van der Waals surface area contributed by atoms with Crippen molar-refractivity contribution in [1.29, 1.82) is 0 Å². The van der Waals surface area contributed by atoms with E-state index in [2.05, 4.69) is 10.6 Å². The van der Waals surface area contributed by atoms with Gasteiger partial charge >= 0.3 is 12.0 Å². The Morgan fingerprint density at radius 3 is 2.67 bits per heavy atom. The van der Waals surface area contributed by atoms with Gasteiger partial charge < -0.3 is 10.1 Å². The molecule has 1 heterocycles. The molecule has 1 fully saturated rings. The highest BCUT2D eigenvalue weighted by molar-refractivity contribution is 8.77. The van der Waals surface area contributed by atoms with Crippen molar-refractivity contribution < 1.29 is 19.1 Å². The number of nitrogens with one attached hydrogen (secondary N) is 2. The zero-order valence-corrected chi connectivity index (χ0v) is 17.1. The number of rotatable bonds is 9. The lowest BCUT2D eigenvalue weighted by molar-refractivity contribution is -0.156. The largest absolute Gasteiger partial charge is 0.447 e. The molecule has 1 aromatic carbocycles. The van der Waals surface area contributed by atoms with Crippen molar-refractivity contribution in [2.45, 2.75) is 50.4 Å². The number of imide groups is 1. The minimum Gasteiger partial charge on any atom is -0.447 e. The molecule has 2 atom stereocenters. The van der Waals surface area contributed by atoms with Gasteiger partial charge in [0.15, 0.2) is 0 Å². The highest BCUT2D eigenvalue weighted by atomic mass is 33.1. The Balaban J connectivity index is 1.85. The summed E-state index contributed by atoms with van der Waals surface area (Å²) in [6.07, 6.45) is 3.17. The number of urea groups is 1. The summed E-state index contributed by atoms with van der Waals surface area (Å²) < 4.78 is 5.41. The van der Waals surface area contributed by atoms with Crippen LogP contribution in [0.15, 0.2) is 30.3 Å². The molecule has 3 amide bonds. The normalized spacial score (nSPS) is 17.1. The Bertz CT molecular complexity index is 621. The summed E-state index contributed by atoms with van der Waals surface area (Å²) >= 11 is 0. The lowest BCUT2D eigenvalue weighted by Gasteiger charge is -2.18. The summed E-state index contributed by atoms with van der Waals surface area (Å²) in [6, 6.07) is 8.11. The molecule has 8 heteroatoms. The molecule has 0 unspecified atom stereocenters. The number of hydrogen-bond acceptors (Lipinski definition) is 6. The van der Waals surface area contributed by atoms with E-state index in [0.29, 0.717) is 17.4 Å². The van der Waals surface area contributed by atoms with Crippen LogP contribution in [0.3, 0.4) is 0 Å². The summed E-state index contributed by atoms with van der Waals surface area (Å²) in [5.41, 5.74) is 0.534. The molecule has 0 aliphatic carbocycles. The second-order valence-corrected chi connectivity index (χ2v) is 8.99. The molecule has 6 nitrogen and oxygen atoms in total. The monoisotopic (exact) mass is 410 g/mol. The number of carbonyl (C=O) groups excluding carboxylic acids is 3. The fourth-order valence-corrected chi connectivity index (χ4v) is 5.71. The minimum absolute atomic E-state index is 0.266. The summed E-state index contributed by atoms with van der Waals surface area (Å²) in [6.45, 7) is 2.15. The van der Waals surface area contributed by atoms with Crippen molar-refractivity contribution in [3.63, 3.8) is 0 Å². The zero-order chi connectivity index (χ0) is 19.5. The van der Waals surface area contributed by atoms with Gasteiger partial charge in [-0.2, -0.15) is 0 Å². The lowest BCUT2D eigenvalue weighted by atomic mass is 10.1. The van der Waals surface area contributed by atoms with Gasteiger partial charge in [0.1, 0.15) is 0 Å². The predicted octanol–water partition coefficient (Wildman–Crippen LogP) is 3.83. The Hall–Kier alpha value is -1.67. The summed E-state index contributed by atoms with van der Waals surface area (Å²) in [5.74, 6) is 0.125. The molecular weight excluding hydrogens is 384 g/mol. The molecule has 2 N–H and O–H groups in total. The number of amides is 3. The van der Waals surface area contributed by atoms with Crippen molar-refractivity contribution in [1.82, 2.24) is 10.6 Å². The van der Waals surface area contributed by atoms with Crippen molar-refractivity contribution in [3.8, 4) is 0 Å². The molecule has 0 saturated carbocycles. The highest BCUT2D eigenvalue weighted by Gasteiger charge is 2.26. The third kappa shape index (κ3) is 7.84. The molecule has 148 valence electrons. The first-order chi connectivity index (χ1) is 13.1. The Morgan fingerprint density at radius 1 is 1.22 bits per heavy atom. The maximum Gasteiger partial charge on any atom is 0.321 e. The number of esters is 1. The molecule has 0 spiro atoms. The number of ether oxygens (including phenoxy) is 1. The molecule has 2 rings (SSSR count). The molecular formula is C19H26N2O4S2. The van der Waals surface area contributed by atoms with Crippen LogP contribution in [-0.2, 0) is 14.3 Å². The van der Waals surface area contributed by atoms with Gasteiger partial charge in [-0.25, -0.2) is 4.79 Å². The van der Waals surface area contributed by atoms with Gasteiger partial charge in [0.25, 0.3) is 5.91 Å². The van der Waals surface area contributed by atoms with Crippen molar-refractivity contribution in [2.75, 3.05) is 12.3 Å². The van der Waals surface area contributed by atoms with Crippen LogP contribution in [0, 0.1) is 0 Å². The average molecular weight is 411 g/mol. The fourth-order valence-electron chi connectivity index (χ4n) is 2.68. The number of carbonyl (C=O) groups is 3. The smallest absolute Gasteiger partial charge is 0.321 e. The fraction of sp³-hybridized carbons (Fsp3) is 0.526. The topological polar surface area (TPSA) is 84.5 Å². The molecule has 0 radical (unpaired) electrons. The Morgan fingerprint density at radius 2 is 2.00 bits per heavy atom. The molecule has 1 aromatic rings. The van der Waals surface area contributed by atoms with E-state index >= 15 is 0 Å². The average Bonchev–Trinajstić information content (AvgIpc) is 3.17. The van der Waals surface area contributed by atoms with Crippen LogP contribution in [0.1, 0.15) is 50.7 Å². The summed E-state index contributed by atoms with van der Waals surface area (Å²) in [7, 11) is 3.84. The van der Waals surface area contributed by atoms with E-state index < -0.39 is 24.0 Å². The Kier molecular flexibility index (Phi) is 9.55. The standard InChI is InChI=1S/C19H26N2O4S2/c1-2-20-19(24)21-18(23)17(14-8-4-3-5-9-14)25-16(22)11-7-6-10-15-12-13-26-27-15/h3-5,8-9,15,17H,2,6-7,10-13H2,1H3,(H2,20,21,23,24)/t15-,17+/m0/s1. The van der Waals surface area contributed by atoms with Crippen LogP contribution in [0.2, 0.25) is 0 Å². The summed E-state index contributed by atoms with van der Waals surface area (Å²) in [5, 5.41) is 5.39. The van der Waals surface area contributed by atoms with E-state index in [9.17, 15) is 14.4 Å². The molecule has 0 bridgehead atoms. The van der Waals surface area contributed by atoms with Crippen molar-refractivity contribution >= 4 is 39.5 Å². The minimum atomic E-state index is -1.14. The van der Waals surface area contributed by atoms with E-state index in [4.69, 9.17) is 4.74 Å². The lowest BCUT2D eigenvalue weighted by Crippen LogP contribution is -2.42.